The van der Waals surface area contributed by atoms with E-state index >= 15 is 0 Å². The number of carbonyl (C=O) groups is 1. The van der Waals surface area contributed by atoms with Crippen LogP contribution in [0.25, 0.3) is 0 Å². The van der Waals surface area contributed by atoms with E-state index in [1.165, 1.54) is 18.4 Å². The molecule has 0 radical (unpaired) electrons. The van der Waals surface area contributed by atoms with Crippen molar-refractivity contribution in [1.29, 1.82) is 0 Å². The molecule has 0 saturated carbocycles. The van der Waals surface area contributed by atoms with Crippen LogP contribution >= 0.6 is 11.6 Å². The van der Waals surface area contributed by atoms with Gasteiger partial charge in [0.15, 0.2) is 5.76 Å². The van der Waals surface area contributed by atoms with E-state index in [0.717, 1.165) is 6.07 Å². The molecule has 0 aliphatic rings. The fraction of sp³-hybridized carbons (Fsp3) is 0.118. The molecule has 3 rings (SSSR count). The maximum atomic E-state index is 13.0. The second-order valence-electron chi connectivity index (χ2n) is 4.89. The maximum absolute atomic E-state index is 13.0. The van der Waals surface area contributed by atoms with Crippen LogP contribution in [0, 0.1) is 5.82 Å². The molecule has 0 saturated heterocycles. The summed E-state index contributed by atoms with van der Waals surface area (Å²) < 4.78 is 29.0. The van der Waals surface area contributed by atoms with E-state index in [-0.39, 0.29) is 29.8 Å². The molecule has 124 valence electrons. The Labute approximate surface area is 142 Å². The van der Waals surface area contributed by atoms with Gasteiger partial charge >= 0.3 is 0 Å². The largest absolute Gasteiger partial charge is 0.484 e. The fourth-order valence-electron chi connectivity index (χ4n) is 1.99. The molecule has 1 aromatic carbocycles. The predicted molar refractivity (Wildman–Crippen MR) is 84.3 cm³/mol. The Kier molecular flexibility index (Phi) is 4.86. The van der Waals surface area contributed by atoms with Gasteiger partial charge in [-0.15, -0.1) is 0 Å². The number of carbonyl (C=O) groups excluding carboxylic acids is 1. The van der Waals surface area contributed by atoms with E-state index in [0.29, 0.717) is 17.3 Å². The smallest absolute Gasteiger partial charge is 0.287 e. The molecule has 24 heavy (non-hydrogen) atoms. The molecule has 0 unspecified atom stereocenters. The Morgan fingerprint density at radius 2 is 2.08 bits per heavy atom. The Hall–Kier alpha value is -2.73. The highest BCUT2D eigenvalue weighted by Gasteiger charge is 2.12. The Morgan fingerprint density at radius 3 is 2.83 bits per heavy atom. The monoisotopic (exact) mass is 349 g/mol. The lowest BCUT2D eigenvalue weighted by Crippen LogP contribution is -2.21. The first-order valence-electron chi connectivity index (χ1n) is 7.09. The van der Waals surface area contributed by atoms with E-state index in [1.54, 1.807) is 24.3 Å². The number of halogens is 2. The number of benzene rings is 1. The van der Waals surface area contributed by atoms with Gasteiger partial charge in [-0.25, -0.2) is 4.39 Å². The van der Waals surface area contributed by atoms with Gasteiger partial charge in [0.1, 0.15) is 29.7 Å². The predicted octanol–water partition coefficient (Wildman–Crippen LogP) is 4.17. The summed E-state index contributed by atoms with van der Waals surface area (Å²) in [7, 11) is 0. The van der Waals surface area contributed by atoms with Crippen molar-refractivity contribution in [2.75, 3.05) is 0 Å². The minimum atomic E-state index is -0.444. The summed E-state index contributed by atoms with van der Waals surface area (Å²) >= 11 is 5.87. The minimum absolute atomic E-state index is 0.0663. The molecule has 7 heteroatoms. The van der Waals surface area contributed by atoms with E-state index in [9.17, 15) is 9.18 Å². The number of amides is 1. The lowest BCUT2D eigenvalue weighted by molar-refractivity contribution is 0.0916. The van der Waals surface area contributed by atoms with E-state index < -0.39 is 5.82 Å². The minimum Gasteiger partial charge on any atom is -0.484 e. The summed E-state index contributed by atoms with van der Waals surface area (Å²) in [5, 5.41) is 2.84. The molecule has 0 atom stereocenters. The SMILES string of the molecule is O=C(NCc1ccco1)c1ccc(COc2ccc(F)cc2Cl)o1. The number of ether oxygens (including phenoxy) is 1. The van der Waals surface area contributed by atoms with Gasteiger partial charge in [0.25, 0.3) is 5.91 Å². The zero-order chi connectivity index (χ0) is 16.9. The second kappa shape index (κ2) is 7.23. The number of nitrogens with one attached hydrogen (secondary N) is 1. The van der Waals surface area contributed by atoms with Crippen LogP contribution in [0.15, 0.2) is 57.6 Å². The number of rotatable bonds is 6. The third kappa shape index (κ3) is 3.97. The molecule has 2 aromatic heterocycles. The summed E-state index contributed by atoms with van der Waals surface area (Å²) in [6, 6.07) is 10.5. The van der Waals surface area contributed by atoms with E-state index in [4.69, 9.17) is 25.2 Å². The van der Waals surface area contributed by atoms with Gasteiger partial charge in [-0.05, 0) is 42.5 Å². The fourth-order valence-corrected chi connectivity index (χ4v) is 2.21. The molecule has 1 amide bonds. The lowest BCUT2D eigenvalue weighted by Gasteiger charge is -2.06. The van der Waals surface area contributed by atoms with Crippen LogP contribution < -0.4 is 10.1 Å². The van der Waals surface area contributed by atoms with Gasteiger partial charge in [-0.3, -0.25) is 4.79 Å². The summed E-state index contributed by atoms with van der Waals surface area (Å²) in [6.45, 7) is 0.334. The number of furan rings is 2. The highest BCUT2D eigenvalue weighted by molar-refractivity contribution is 6.32. The van der Waals surface area contributed by atoms with Gasteiger partial charge in [0, 0.05) is 0 Å². The number of hydrogen-bond donors (Lipinski definition) is 1. The highest BCUT2D eigenvalue weighted by atomic mass is 35.5. The molecule has 5 nitrogen and oxygen atoms in total. The van der Waals surface area contributed by atoms with Crippen LogP contribution in [-0.4, -0.2) is 5.91 Å². The van der Waals surface area contributed by atoms with Crippen molar-refractivity contribution in [3.05, 3.63) is 76.8 Å². The van der Waals surface area contributed by atoms with Crippen LogP contribution in [0.1, 0.15) is 22.1 Å². The second-order valence-corrected chi connectivity index (χ2v) is 5.30. The highest BCUT2D eigenvalue weighted by Crippen LogP contribution is 2.25. The Bertz CT molecular complexity index is 829. The van der Waals surface area contributed by atoms with Crippen molar-refractivity contribution in [3.8, 4) is 5.75 Å². The molecule has 0 aliphatic heterocycles. The van der Waals surface area contributed by atoms with Crippen molar-refractivity contribution < 1.29 is 22.8 Å². The Balaban J connectivity index is 1.55. The van der Waals surface area contributed by atoms with E-state index in [1.807, 2.05) is 0 Å². The van der Waals surface area contributed by atoms with Crippen LogP contribution in [0.4, 0.5) is 4.39 Å². The molecule has 0 bridgehead atoms. The van der Waals surface area contributed by atoms with Gasteiger partial charge in [-0.2, -0.15) is 0 Å². The molecule has 0 aliphatic carbocycles. The average molecular weight is 350 g/mol. The molecule has 3 aromatic rings. The molecular weight excluding hydrogens is 337 g/mol. The van der Waals surface area contributed by atoms with Crippen molar-refractivity contribution in [1.82, 2.24) is 5.32 Å². The van der Waals surface area contributed by atoms with Crippen molar-refractivity contribution in [2.45, 2.75) is 13.2 Å². The van der Waals surface area contributed by atoms with Gasteiger partial charge in [-0.1, -0.05) is 11.6 Å². The normalized spacial score (nSPS) is 10.6. The zero-order valence-corrected chi connectivity index (χ0v) is 13.2. The lowest BCUT2D eigenvalue weighted by atomic mass is 10.3. The molecule has 0 spiro atoms. The third-order valence-corrected chi connectivity index (χ3v) is 3.45. The quantitative estimate of drug-likeness (QED) is 0.725. The molecule has 1 N–H and O–H groups in total. The summed E-state index contributed by atoms with van der Waals surface area (Å²) in [5.41, 5.74) is 0. The van der Waals surface area contributed by atoms with Crippen molar-refractivity contribution >= 4 is 17.5 Å². The Morgan fingerprint density at radius 1 is 1.21 bits per heavy atom. The molecular formula is C17H13ClFNO4. The molecule has 0 fully saturated rings. The van der Waals surface area contributed by atoms with Crippen LogP contribution in [0.5, 0.6) is 5.75 Å². The van der Waals surface area contributed by atoms with Crippen molar-refractivity contribution in [2.24, 2.45) is 0 Å². The first-order valence-corrected chi connectivity index (χ1v) is 7.47. The summed E-state index contributed by atoms with van der Waals surface area (Å²) in [5.74, 6) is 0.768. The van der Waals surface area contributed by atoms with E-state index in [2.05, 4.69) is 5.32 Å². The van der Waals surface area contributed by atoms with Gasteiger partial charge < -0.3 is 18.9 Å². The maximum Gasteiger partial charge on any atom is 0.287 e. The zero-order valence-electron chi connectivity index (χ0n) is 12.4. The van der Waals surface area contributed by atoms with Crippen molar-refractivity contribution in [3.63, 3.8) is 0 Å². The average Bonchev–Trinajstić information content (AvgIpc) is 3.23. The molecule has 2 heterocycles. The summed E-state index contributed by atoms with van der Waals surface area (Å²) in [4.78, 5) is 12.0. The first-order chi connectivity index (χ1) is 11.6. The summed E-state index contributed by atoms with van der Waals surface area (Å²) in [6.07, 6.45) is 1.53. The first kappa shape index (κ1) is 16.1. The van der Waals surface area contributed by atoms with Crippen LogP contribution in [0.2, 0.25) is 5.02 Å². The van der Waals surface area contributed by atoms with Crippen LogP contribution in [-0.2, 0) is 13.2 Å². The van der Waals surface area contributed by atoms with Gasteiger partial charge in [0.2, 0.25) is 0 Å². The third-order valence-electron chi connectivity index (χ3n) is 3.15. The van der Waals surface area contributed by atoms with Gasteiger partial charge in [0.05, 0.1) is 17.8 Å². The standard InChI is InChI=1S/C17H13ClFNO4/c18-14-8-11(19)3-5-15(14)23-10-13-4-6-16(24-13)17(21)20-9-12-2-1-7-22-12/h1-8H,9-10H2,(H,20,21). The number of hydrogen-bond acceptors (Lipinski definition) is 4. The van der Waals surface area contributed by atoms with Crippen LogP contribution in [0.3, 0.4) is 0 Å². The topological polar surface area (TPSA) is 64.6 Å².